The summed E-state index contributed by atoms with van der Waals surface area (Å²) in [7, 11) is 1.49. The van der Waals surface area contributed by atoms with Crippen molar-refractivity contribution in [3.8, 4) is 23.4 Å². The van der Waals surface area contributed by atoms with Crippen molar-refractivity contribution in [3.05, 3.63) is 64.0 Å². The summed E-state index contributed by atoms with van der Waals surface area (Å²) < 4.78 is 6.00. The van der Waals surface area contributed by atoms with Crippen molar-refractivity contribution in [1.29, 1.82) is 10.5 Å². The maximum atomic E-state index is 12.7. The number of anilines is 2. The maximum Gasteiger partial charge on any atom is 0.435 e. The van der Waals surface area contributed by atoms with Crippen molar-refractivity contribution < 1.29 is 14.0 Å². The van der Waals surface area contributed by atoms with E-state index in [1.165, 1.54) is 11.7 Å². The topological polar surface area (TPSA) is 165 Å². The van der Waals surface area contributed by atoms with Gasteiger partial charge >= 0.3 is 11.3 Å². The van der Waals surface area contributed by atoms with E-state index in [-0.39, 0.29) is 44.9 Å². The lowest BCUT2D eigenvalue weighted by Crippen LogP contribution is -2.34. The van der Waals surface area contributed by atoms with E-state index in [0.717, 1.165) is 22.5 Å². The van der Waals surface area contributed by atoms with Crippen molar-refractivity contribution >= 4 is 39.9 Å². The molecule has 0 unspecified atom stereocenters. The highest BCUT2D eigenvalue weighted by molar-refractivity contribution is 8.00. The third-order valence-corrected chi connectivity index (χ3v) is 5.84. The van der Waals surface area contributed by atoms with Crippen LogP contribution in [0.3, 0.4) is 0 Å². The molecule has 0 aliphatic heterocycles. The number of fused-ring (bicyclic) bond motifs is 1. The Kier molecular flexibility index (Phi) is 5.81. The minimum absolute atomic E-state index is 0.00182. The van der Waals surface area contributed by atoms with Gasteiger partial charge in [0.2, 0.25) is 5.91 Å². The third kappa shape index (κ3) is 4.01. The monoisotopic (exact) mass is 458 g/mol. The molecular weight excluding hydrogens is 442 g/mol. The van der Waals surface area contributed by atoms with Crippen LogP contribution in [0.5, 0.6) is 0 Å². The Hall–Kier alpha value is -4.61. The van der Waals surface area contributed by atoms with Crippen LogP contribution >= 0.6 is 11.8 Å². The number of aryl methyl sites for hydroxylation is 1. The van der Waals surface area contributed by atoms with Gasteiger partial charge in [-0.05, 0) is 16.7 Å². The van der Waals surface area contributed by atoms with E-state index in [1.807, 2.05) is 48.5 Å². The average Bonchev–Trinajstić information content (AvgIpc) is 3.15. The summed E-state index contributed by atoms with van der Waals surface area (Å²) in [5.41, 5.74) is 5.59. The highest BCUT2D eigenvalue weighted by Gasteiger charge is 2.31. The highest BCUT2D eigenvalue weighted by atomic mass is 32.2. The molecular formula is C22H16N7O3S+. The SMILES string of the molecule is C[n+]1[nH]oc(=O)c1-c1c(C#N)c(N)nc(SCC(=O)Nc2cccc3ccccc23)c1C#N. The second kappa shape index (κ2) is 8.86. The number of thioether (sulfide) groups is 1. The summed E-state index contributed by atoms with van der Waals surface area (Å²) in [6.07, 6.45) is 0. The normalized spacial score (nSPS) is 10.5. The molecule has 0 spiro atoms. The van der Waals surface area contributed by atoms with Gasteiger partial charge in [-0.2, -0.15) is 10.5 Å². The number of aromatic nitrogens is 3. The van der Waals surface area contributed by atoms with Crippen molar-refractivity contribution in [1.82, 2.24) is 10.3 Å². The molecule has 162 valence electrons. The van der Waals surface area contributed by atoms with Gasteiger partial charge in [0.15, 0.2) is 7.05 Å². The minimum atomic E-state index is -0.777. The maximum absolute atomic E-state index is 12.7. The van der Waals surface area contributed by atoms with Gasteiger partial charge in [-0.25, -0.2) is 9.78 Å². The standard InChI is InChI=1S/C22H15N7O3S/c1-29-19(22(31)32-28-29)18-14(9-23)20(25)27-21(15(18)10-24)33-11-17(30)26-16-8-4-6-12-5-2-3-7-13(12)16/h2-8H,11H2,1H3,(H3-,25,26,27,28,30,31)/p+1. The zero-order valence-corrected chi connectivity index (χ0v) is 18.1. The van der Waals surface area contributed by atoms with Crippen molar-refractivity contribution in [2.45, 2.75) is 5.03 Å². The number of carbonyl (C=O) groups is 1. The Bertz CT molecular complexity index is 1540. The van der Waals surface area contributed by atoms with Crippen molar-refractivity contribution in [3.63, 3.8) is 0 Å². The molecule has 2 heterocycles. The molecule has 11 heteroatoms. The van der Waals surface area contributed by atoms with Crippen LogP contribution in [0, 0.1) is 22.7 Å². The number of nitriles is 2. The molecule has 10 nitrogen and oxygen atoms in total. The van der Waals surface area contributed by atoms with Crippen LogP contribution in [-0.4, -0.2) is 21.9 Å². The minimum Gasteiger partial charge on any atom is -0.383 e. The molecule has 0 aliphatic rings. The van der Waals surface area contributed by atoms with Crippen LogP contribution in [0.4, 0.5) is 11.5 Å². The second-order valence-corrected chi connectivity index (χ2v) is 7.87. The lowest BCUT2D eigenvalue weighted by Gasteiger charge is -2.11. The number of aromatic amines is 1. The van der Waals surface area contributed by atoms with E-state index in [9.17, 15) is 20.1 Å². The number of nitrogen functional groups attached to an aromatic ring is 1. The van der Waals surface area contributed by atoms with Gasteiger partial charge in [0.1, 0.15) is 34.1 Å². The first-order chi connectivity index (χ1) is 15.9. The van der Waals surface area contributed by atoms with Gasteiger partial charge in [-0.3, -0.25) is 9.32 Å². The van der Waals surface area contributed by atoms with E-state index in [2.05, 4.69) is 15.6 Å². The number of carbonyl (C=O) groups excluding carboxylic acids is 1. The van der Waals surface area contributed by atoms with E-state index >= 15 is 0 Å². The van der Waals surface area contributed by atoms with Gasteiger partial charge in [-0.15, -0.1) is 0 Å². The van der Waals surface area contributed by atoms with E-state index in [0.29, 0.717) is 5.69 Å². The summed E-state index contributed by atoms with van der Waals surface area (Å²) in [4.78, 5) is 29.0. The van der Waals surface area contributed by atoms with Crippen molar-refractivity contribution in [2.75, 3.05) is 16.8 Å². The number of hydrogen-bond acceptors (Lipinski definition) is 8. The van der Waals surface area contributed by atoms with Gasteiger partial charge in [0.25, 0.3) is 0 Å². The summed E-state index contributed by atoms with van der Waals surface area (Å²) in [6.45, 7) is 0. The summed E-state index contributed by atoms with van der Waals surface area (Å²) in [5, 5.41) is 26.6. The van der Waals surface area contributed by atoms with Crippen molar-refractivity contribution in [2.24, 2.45) is 7.05 Å². The van der Waals surface area contributed by atoms with E-state index < -0.39 is 5.63 Å². The number of nitrogens with two attached hydrogens (primary N) is 1. The van der Waals surface area contributed by atoms with E-state index in [1.54, 1.807) is 6.07 Å². The fraction of sp³-hybridized carbons (Fsp3) is 0.0909. The number of hydrogen-bond donors (Lipinski definition) is 3. The first kappa shape index (κ1) is 21.6. The van der Waals surface area contributed by atoms with Gasteiger partial charge in [-0.1, -0.05) is 52.8 Å². The number of amides is 1. The molecule has 0 aliphatic carbocycles. The molecule has 4 aromatic rings. The molecule has 1 amide bonds. The van der Waals surface area contributed by atoms with Gasteiger partial charge in [0.05, 0.1) is 11.3 Å². The first-order valence-electron chi connectivity index (χ1n) is 9.56. The lowest BCUT2D eigenvalue weighted by molar-refractivity contribution is -0.730. The van der Waals surface area contributed by atoms with Crippen LogP contribution in [0.2, 0.25) is 0 Å². The largest absolute Gasteiger partial charge is 0.435 e. The fourth-order valence-electron chi connectivity index (χ4n) is 3.40. The first-order valence-corrected chi connectivity index (χ1v) is 10.5. The van der Waals surface area contributed by atoms with Crippen LogP contribution in [0.25, 0.3) is 22.0 Å². The molecule has 0 bridgehead atoms. The zero-order chi connectivity index (χ0) is 23.5. The molecule has 0 radical (unpaired) electrons. The van der Waals surface area contributed by atoms with Gasteiger partial charge < -0.3 is 11.1 Å². The van der Waals surface area contributed by atoms with Crippen LogP contribution in [0.1, 0.15) is 11.1 Å². The predicted octanol–water partition coefficient (Wildman–Crippen LogP) is 2.06. The number of H-pyrrole nitrogens is 1. The molecule has 4 N–H and O–H groups in total. The number of nitrogens with one attached hydrogen (secondary N) is 2. The average molecular weight is 458 g/mol. The summed E-state index contributed by atoms with van der Waals surface area (Å²) in [5.74, 6) is -0.564. The quantitative estimate of drug-likeness (QED) is 0.302. The van der Waals surface area contributed by atoms with Crippen LogP contribution < -0.4 is 21.4 Å². The van der Waals surface area contributed by atoms with E-state index in [4.69, 9.17) is 10.3 Å². The summed E-state index contributed by atoms with van der Waals surface area (Å²) in [6, 6.07) is 17.1. The Morgan fingerprint density at radius 2 is 1.94 bits per heavy atom. The highest BCUT2D eigenvalue weighted by Crippen LogP contribution is 2.33. The Labute approximate surface area is 191 Å². The molecule has 0 atom stereocenters. The molecule has 33 heavy (non-hydrogen) atoms. The predicted molar refractivity (Wildman–Crippen MR) is 121 cm³/mol. The second-order valence-electron chi connectivity index (χ2n) is 6.90. The van der Waals surface area contributed by atoms with Crippen LogP contribution in [0.15, 0.2) is 56.8 Å². The molecule has 4 rings (SSSR count). The Morgan fingerprint density at radius 3 is 2.64 bits per heavy atom. The number of rotatable bonds is 5. The molecule has 0 saturated heterocycles. The molecule has 2 aromatic carbocycles. The lowest BCUT2D eigenvalue weighted by atomic mass is 10.0. The Balaban J connectivity index is 1.66. The zero-order valence-electron chi connectivity index (χ0n) is 17.2. The number of benzene rings is 2. The fourth-order valence-corrected chi connectivity index (χ4v) is 4.20. The summed E-state index contributed by atoms with van der Waals surface area (Å²) >= 11 is 0.974. The third-order valence-electron chi connectivity index (χ3n) is 4.86. The Morgan fingerprint density at radius 1 is 1.21 bits per heavy atom. The number of nitrogens with zero attached hydrogens (tertiary/aromatic N) is 4. The van der Waals surface area contributed by atoms with Crippen LogP contribution in [-0.2, 0) is 11.8 Å². The number of pyridine rings is 1. The van der Waals surface area contributed by atoms with Gasteiger partial charge in [0, 0.05) is 11.1 Å². The molecule has 0 fully saturated rings. The smallest absolute Gasteiger partial charge is 0.383 e. The molecule has 0 saturated carbocycles. The molecule has 2 aromatic heterocycles.